The molecule has 11 heteroatoms. The van der Waals surface area contributed by atoms with Gasteiger partial charge in [0.1, 0.15) is 18.4 Å². The van der Waals surface area contributed by atoms with Gasteiger partial charge in [-0.15, -0.1) is 0 Å². The molecule has 0 aliphatic carbocycles. The lowest BCUT2D eigenvalue weighted by molar-refractivity contribution is -0.122. The number of ether oxygens (including phenoxy) is 1. The second kappa shape index (κ2) is 10.5. The van der Waals surface area contributed by atoms with Crippen LogP contribution in [0.4, 0.5) is 18.9 Å². The molecule has 3 aliphatic rings. The molecule has 0 radical (unpaired) electrons. The number of anilines is 1. The van der Waals surface area contributed by atoms with Crippen LogP contribution in [0.3, 0.4) is 0 Å². The van der Waals surface area contributed by atoms with Gasteiger partial charge in [-0.2, -0.15) is 18.3 Å². The average Bonchev–Trinajstić information content (AvgIpc) is 2.88. The number of allylic oxidation sites excluding steroid dienone is 1. The number of hydrogen-bond donors (Lipinski definition) is 3. The van der Waals surface area contributed by atoms with Gasteiger partial charge in [0.2, 0.25) is 0 Å². The first-order valence-corrected chi connectivity index (χ1v) is 12.6. The van der Waals surface area contributed by atoms with Gasteiger partial charge in [-0.25, -0.2) is 5.43 Å². The molecule has 1 amide bonds. The van der Waals surface area contributed by atoms with E-state index in [0.717, 1.165) is 41.2 Å². The van der Waals surface area contributed by atoms with Crippen molar-refractivity contribution in [2.45, 2.75) is 45.5 Å². The number of likely N-dealkylation sites (tertiary alicyclic amines) is 1. The summed E-state index contributed by atoms with van der Waals surface area (Å²) in [7, 11) is 2.15. The molecule has 0 bridgehead atoms. The minimum Gasteiger partial charge on any atom is -0.505 e. The Morgan fingerprint density at radius 3 is 2.51 bits per heavy atom. The summed E-state index contributed by atoms with van der Waals surface area (Å²) < 4.78 is 38.6. The predicted octanol–water partition coefficient (Wildman–Crippen LogP) is 4.55. The minimum atomic E-state index is -4.64. The second-order valence-corrected chi connectivity index (χ2v) is 10.6. The van der Waals surface area contributed by atoms with E-state index in [1.54, 1.807) is 0 Å². The zero-order chi connectivity index (χ0) is 28.7. The smallest absolute Gasteiger partial charge is 0.448 e. The van der Waals surface area contributed by atoms with Crippen LogP contribution >= 0.6 is 0 Å². The maximum absolute atomic E-state index is 12.4. The average molecular weight is 547 g/mol. The van der Waals surface area contributed by atoms with Crippen LogP contribution in [0, 0.1) is 5.41 Å². The third-order valence-corrected chi connectivity index (χ3v) is 7.67. The molecule has 0 saturated carbocycles. The summed E-state index contributed by atoms with van der Waals surface area (Å²) >= 11 is 0. The third-order valence-electron chi connectivity index (χ3n) is 7.67. The molecule has 0 spiro atoms. The Kier molecular flexibility index (Phi) is 7.68. The highest BCUT2D eigenvalue weighted by molar-refractivity contribution is 6.09. The Balaban J connectivity index is 0.000000448. The van der Waals surface area contributed by atoms with Crippen LogP contribution in [-0.2, 0) is 11.4 Å². The molecular weight excluding hydrogens is 513 g/mol. The van der Waals surface area contributed by atoms with E-state index in [1.165, 1.54) is 5.56 Å². The van der Waals surface area contributed by atoms with E-state index in [2.05, 4.69) is 61.1 Å². The number of benzene rings is 2. The van der Waals surface area contributed by atoms with Crippen molar-refractivity contribution in [3.05, 3.63) is 59.9 Å². The second-order valence-electron chi connectivity index (χ2n) is 10.6. The lowest BCUT2D eigenvalue weighted by Crippen LogP contribution is -2.56. The Morgan fingerprint density at radius 2 is 1.92 bits per heavy atom. The lowest BCUT2D eigenvalue weighted by atomic mass is 9.68. The monoisotopic (exact) mass is 546 g/mol. The summed E-state index contributed by atoms with van der Waals surface area (Å²) in [6, 6.07) is 11.9. The molecule has 2 aromatic carbocycles. The van der Waals surface area contributed by atoms with Crippen molar-refractivity contribution >= 4 is 17.4 Å². The van der Waals surface area contributed by atoms with E-state index in [9.17, 15) is 23.1 Å². The van der Waals surface area contributed by atoms with Crippen molar-refractivity contribution < 1.29 is 32.9 Å². The molecule has 3 N–H and O–H groups in total. The van der Waals surface area contributed by atoms with E-state index in [4.69, 9.17) is 9.84 Å². The van der Waals surface area contributed by atoms with Crippen LogP contribution in [0.15, 0.2) is 53.8 Å². The number of alkyl halides is 3. The predicted molar refractivity (Wildman–Crippen MR) is 143 cm³/mol. The quantitative estimate of drug-likeness (QED) is 0.487. The van der Waals surface area contributed by atoms with Gasteiger partial charge in [-0.3, -0.25) is 4.79 Å². The highest BCUT2D eigenvalue weighted by Crippen LogP contribution is 2.49. The number of aliphatic hydroxyl groups excluding tert-OH is 2. The van der Waals surface area contributed by atoms with E-state index >= 15 is 0 Å². The summed E-state index contributed by atoms with van der Waals surface area (Å²) in [5.41, 5.74) is 7.79. The van der Waals surface area contributed by atoms with Gasteiger partial charge < -0.3 is 24.7 Å². The van der Waals surface area contributed by atoms with E-state index in [0.29, 0.717) is 12.4 Å². The number of nitrogens with zero attached hydrogens (tertiary/aromatic N) is 3. The highest BCUT2D eigenvalue weighted by atomic mass is 19.4. The van der Waals surface area contributed by atoms with Crippen LogP contribution in [0.1, 0.15) is 37.8 Å². The van der Waals surface area contributed by atoms with Crippen molar-refractivity contribution in [1.82, 2.24) is 10.3 Å². The Labute approximate surface area is 225 Å². The summed E-state index contributed by atoms with van der Waals surface area (Å²) in [4.78, 5) is 16.7. The van der Waals surface area contributed by atoms with Gasteiger partial charge >= 0.3 is 6.18 Å². The lowest BCUT2D eigenvalue weighted by Gasteiger charge is -2.51. The molecule has 3 heterocycles. The third kappa shape index (κ3) is 5.46. The first-order valence-electron chi connectivity index (χ1n) is 12.6. The topological polar surface area (TPSA) is 97.6 Å². The number of aliphatic hydroxyl groups is 2. The maximum Gasteiger partial charge on any atom is 0.448 e. The highest BCUT2D eigenvalue weighted by Gasteiger charge is 2.44. The molecule has 210 valence electrons. The number of rotatable bonds is 4. The molecule has 39 heavy (non-hydrogen) atoms. The minimum absolute atomic E-state index is 0.0257. The van der Waals surface area contributed by atoms with Crippen LogP contribution in [0.2, 0.25) is 0 Å². The normalized spacial score (nSPS) is 20.6. The number of hydrazone groups is 1. The fourth-order valence-corrected chi connectivity index (χ4v) is 5.44. The molecular formula is C28H33F3N4O4. The zero-order valence-electron chi connectivity index (χ0n) is 22.3. The van der Waals surface area contributed by atoms with Gasteiger partial charge in [-0.05, 0) is 59.7 Å². The molecule has 1 fully saturated rings. The molecule has 5 rings (SSSR count). The fraction of sp³-hybridized carbons (Fsp3) is 0.429. The number of halogens is 3. The summed E-state index contributed by atoms with van der Waals surface area (Å²) in [5, 5.41) is 21.8. The van der Waals surface area contributed by atoms with Gasteiger partial charge in [0, 0.05) is 13.1 Å². The number of carbonyl (C=O) groups excluding carboxylic acids is 1. The Hall–Kier alpha value is -3.57. The molecule has 3 aliphatic heterocycles. The fourth-order valence-electron chi connectivity index (χ4n) is 5.44. The summed E-state index contributed by atoms with van der Waals surface area (Å²) in [5.74, 6) is -0.172. The van der Waals surface area contributed by atoms with Gasteiger partial charge in [0.15, 0.2) is 11.6 Å². The van der Waals surface area contributed by atoms with Gasteiger partial charge in [0.25, 0.3) is 5.91 Å². The first kappa shape index (κ1) is 28.4. The number of carbonyl (C=O) groups is 1. The molecule has 1 saturated heterocycles. The van der Waals surface area contributed by atoms with Crippen LogP contribution in [0.5, 0.6) is 5.75 Å². The number of nitrogens with one attached hydrogen (secondary N) is 1. The summed E-state index contributed by atoms with van der Waals surface area (Å²) in [6.07, 6.45) is -4.64. The van der Waals surface area contributed by atoms with Crippen LogP contribution < -0.4 is 15.1 Å². The van der Waals surface area contributed by atoms with E-state index in [-0.39, 0.29) is 29.9 Å². The van der Waals surface area contributed by atoms with Gasteiger partial charge in [-0.1, -0.05) is 44.7 Å². The van der Waals surface area contributed by atoms with Crippen molar-refractivity contribution in [3.63, 3.8) is 0 Å². The van der Waals surface area contributed by atoms with Crippen molar-refractivity contribution in [2.75, 3.05) is 31.6 Å². The van der Waals surface area contributed by atoms with Gasteiger partial charge in [0.05, 0.1) is 12.3 Å². The van der Waals surface area contributed by atoms with E-state index in [1.807, 2.05) is 30.0 Å². The number of hydrogen-bond acceptors (Lipinski definition) is 7. The van der Waals surface area contributed by atoms with E-state index < -0.39 is 11.9 Å². The Morgan fingerprint density at radius 1 is 1.28 bits per heavy atom. The number of amidine groups is 1. The van der Waals surface area contributed by atoms with Crippen molar-refractivity contribution in [3.8, 4) is 16.9 Å². The molecule has 2 atom stereocenters. The standard InChI is InChI=1S/C25H30N4O3.C3H3F3O/c1-15(25(3)13-28(4)14-25)19-9-21-22(10-20(19)18-8-6-5-7-17(18)11-30)32-12-23-26-27-24(31)16(2)29(21)23;1-2(7)3(4,5)6/h5-10,15-16,30H,11-14H2,1-4H3,(H,27,31);7H,1H2/t15-,16-;/m1./s1. The van der Waals surface area contributed by atoms with Crippen LogP contribution in [-0.4, -0.2) is 65.8 Å². The molecule has 0 unspecified atom stereocenters. The largest absolute Gasteiger partial charge is 0.505 e. The first-order chi connectivity index (χ1) is 18.3. The number of amides is 1. The molecule has 2 aromatic rings. The van der Waals surface area contributed by atoms with Crippen LogP contribution in [0.25, 0.3) is 11.1 Å². The molecule has 8 nitrogen and oxygen atoms in total. The maximum atomic E-state index is 12.4. The van der Waals surface area contributed by atoms with Crippen molar-refractivity contribution in [1.29, 1.82) is 0 Å². The van der Waals surface area contributed by atoms with Crippen molar-refractivity contribution in [2.24, 2.45) is 10.5 Å². The molecule has 0 aromatic heterocycles. The zero-order valence-corrected chi connectivity index (χ0v) is 22.3. The Bertz CT molecular complexity index is 1300. The summed E-state index contributed by atoms with van der Waals surface area (Å²) in [6.45, 7) is 11.1. The SMILES string of the molecule is C=C(O)C(F)(F)F.C[C@@H]1C(=O)NN=C2COc3cc(-c4ccccc4CO)c([C@@H](C)C4(C)CN(C)C4)cc3N21. The number of fused-ring (bicyclic) bond motifs is 3.